The second kappa shape index (κ2) is 8.02. The van der Waals surface area contributed by atoms with Crippen LogP contribution < -0.4 is 4.74 Å². The van der Waals surface area contributed by atoms with Crippen LogP contribution in [-0.4, -0.2) is 36.9 Å². The molecule has 0 bridgehead atoms. The van der Waals surface area contributed by atoms with Crippen molar-refractivity contribution in [2.24, 2.45) is 11.8 Å². The Kier molecular flexibility index (Phi) is 5.49. The van der Waals surface area contributed by atoms with Gasteiger partial charge in [0.25, 0.3) is 0 Å². The zero-order valence-electron chi connectivity index (χ0n) is 16.6. The van der Waals surface area contributed by atoms with Gasteiger partial charge in [-0.3, -0.25) is 9.69 Å². The molecular formula is C24H31NO2. The van der Waals surface area contributed by atoms with Crippen molar-refractivity contribution < 1.29 is 9.53 Å². The summed E-state index contributed by atoms with van der Waals surface area (Å²) in [6, 6.07) is 12.9. The molecule has 0 unspecified atom stereocenters. The lowest BCUT2D eigenvalue weighted by atomic mass is 9.76. The summed E-state index contributed by atoms with van der Waals surface area (Å²) in [4.78, 5) is 16.1. The largest absolute Gasteiger partial charge is 0.497 e. The monoisotopic (exact) mass is 365 g/mol. The molecule has 3 heteroatoms. The Morgan fingerprint density at radius 1 is 1.11 bits per heavy atom. The molecule has 2 aliphatic rings. The van der Waals surface area contributed by atoms with Crippen molar-refractivity contribution in [2.45, 2.75) is 51.5 Å². The normalized spacial score (nSPS) is 23.9. The van der Waals surface area contributed by atoms with Gasteiger partial charge in [0.05, 0.1) is 7.11 Å². The van der Waals surface area contributed by atoms with E-state index in [0.717, 1.165) is 41.1 Å². The van der Waals surface area contributed by atoms with Crippen LogP contribution in [0.1, 0.15) is 55.8 Å². The number of ether oxygens (including phenoxy) is 1. The van der Waals surface area contributed by atoms with Gasteiger partial charge in [0.15, 0.2) is 5.78 Å². The fourth-order valence-electron chi connectivity index (χ4n) is 4.84. The van der Waals surface area contributed by atoms with Crippen molar-refractivity contribution in [1.82, 2.24) is 4.90 Å². The molecule has 0 spiro atoms. The number of nitrogens with zero attached hydrogens (tertiary/aromatic N) is 1. The highest BCUT2D eigenvalue weighted by Gasteiger charge is 2.37. The minimum atomic E-state index is 0.148. The lowest BCUT2D eigenvalue weighted by Gasteiger charge is -2.45. The van der Waals surface area contributed by atoms with Gasteiger partial charge in [-0.2, -0.15) is 0 Å². The molecular weight excluding hydrogens is 334 g/mol. The minimum absolute atomic E-state index is 0.148. The number of rotatable bonds is 6. The average Bonchev–Trinajstić information content (AvgIpc) is 2.66. The molecule has 1 saturated heterocycles. The van der Waals surface area contributed by atoms with Gasteiger partial charge in [-0.05, 0) is 67.1 Å². The van der Waals surface area contributed by atoms with Crippen molar-refractivity contribution in [3.05, 3.63) is 42.0 Å². The number of ketones is 1. The summed E-state index contributed by atoms with van der Waals surface area (Å²) in [5.41, 5.74) is 0.870. The number of benzene rings is 2. The number of fused-ring (bicyclic) bond motifs is 1. The smallest absolute Gasteiger partial charge is 0.167 e. The first-order chi connectivity index (χ1) is 13.2. The molecule has 2 aromatic carbocycles. The SMILES string of the molecule is CCC[C@H]1CCN(C2CCC2)C[C@@H]1C(=O)c1ccc2cc(OC)ccc2c1. The van der Waals surface area contributed by atoms with E-state index in [0.29, 0.717) is 11.7 Å². The van der Waals surface area contributed by atoms with Crippen molar-refractivity contribution in [3.63, 3.8) is 0 Å². The van der Waals surface area contributed by atoms with E-state index in [4.69, 9.17) is 4.74 Å². The highest BCUT2D eigenvalue weighted by molar-refractivity contribution is 6.01. The molecule has 1 saturated carbocycles. The van der Waals surface area contributed by atoms with E-state index in [-0.39, 0.29) is 5.92 Å². The van der Waals surface area contributed by atoms with Crippen LogP contribution in [0.15, 0.2) is 36.4 Å². The highest BCUT2D eigenvalue weighted by atomic mass is 16.5. The van der Waals surface area contributed by atoms with Crippen LogP contribution >= 0.6 is 0 Å². The third-order valence-corrected chi connectivity index (χ3v) is 6.71. The van der Waals surface area contributed by atoms with Gasteiger partial charge in [0, 0.05) is 24.1 Å². The zero-order chi connectivity index (χ0) is 18.8. The number of methoxy groups -OCH3 is 1. The van der Waals surface area contributed by atoms with Gasteiger partial charge in [-0.15, -0.1) is 0 Å². The Hall–Kier alpha value is -1.87. The molecule has 0 amide bonds. The highest BCUT2D eigenvalue weighted by Crippen LogP contribution is 2.35. The first-order valence-corrected chi connectivity index (χ1v) is 10.6. The number of hydrogen-bond acceptors (Lipinski definition) is 3. The molecule has 4 rings (SSSR count). The zero-order valence-corrected chi connectivity index (χ0v) is 16.6. The van der Waals surface area contributed by atoms with Gasteiger partial charge in [0.1, 0.15) is 5.75 Å². The molecule has 0 N–H and O–H groups in total. The van der Waals surface area contributed by atoms with Crippen molar-refractivity contribution in [2.75, 3.05) is 20.2 Å². The van der Waals surface area contributed by atoms with Crippen LogP contribution in [0.2, 0.25) is 0 Å². The van der Waals surface area contributed by atoms with Crippen molar-refractivity contribution in [1.29, 1.82) is 0 Å². The van der Waals surface area contributed by atoms with Gasteiger partial charge in [0.2, 0.25) is 0 Å². The lowest BCUT2D eigenvalue weighted by Crippen LogP contribution is -2.50. The summed E-state index contributed by atoms with van der Waals surface area (Å²) < 4.78 is 5.31. The van der Waals surface area contributed by atoms with Gasteiger partial charge in [-0.1, -0.05) is 38.0 Å². The van der Waals surface area contributed by atoms with Crippen LogP contribution in [0, 0.1) is 11.8 Å². The van der Waals surface area contributed by atoms with Crippen molar-refractivity contribution in [3.8, 4) is 5.75 Å². The number of likely N-dealkylation sites (tertiary alicyclic amines) is 1. The van der Waals surface area contributed by atoms with Crippen LogP contribution in [0.25, 0.3) is 10.8 Å². The quantitative estimate of drug-likeness (QED) is 0.649. The summed E-state index contributed by atoms with van der Waals surface area (Å²) in [6.45, 7) is 4.37. The fraction of sp³-hybridized carbons (Fsp3) is 0.542. The van der Waals surface area contributed by atoms with E-state index < -0.39 is 0 Å². The summed E-state index contributed by atoms with van der Waals surface area (Å²) in [6.07, 6.45) is 7.49. The third-order valence-electron chi connectivity index (χ3n) is 6.71. The van der Waals surface area contributed by atoms with E-state index >= 15 is 0 Å². The number of carbonyl (C=O) groups excluding carboxylic acids is 1. The second-order valence-corrected chi connectivity index (χ2v) is 8.32. The molecule has 1 aliphatic carbocycles. The van der Waals surface area contributed by atoms with E-state index in [1.807, 2.05) is 18.2 Å². The molecule has 0 aromatic heterocycles. The molecule has 2 fully saturated rings. The Morgan fingerprint density at radius 3 is 2.59 bits per heavy atom. The second-order valence-electron chi connectivity index (χ2n) is 8.32. The number of carbonyl (C=O) groups is 1. The maximum atomic E-state index is 13.5. The van der Waals surface area contributed by atoms with Crippen LogP contribution in [0.3, 0.4) is 0 Å². The molecule has 2 atom stereocenters. The molecule has 144 valence electrons. The van der Waals surface area contributed by atoms with Crippen LogP contribution in [0.4, 0.5) is 0 Å². The maximum absolute atomic E-state index is 13.5. The van der Waals surface area contributed by atoms with E-state index in [1.54, 1.807) is 7.11 Å². The molecule has 1 aliphatic heterocycles. The first kappa shape index (κ1) is 18.5. The number of Topliss-reactive ketones (excluding diaryl/α,β-unsaturated/α-hetero) is 1. The lowest BCUT2D eigenvalue weighted by molar-refractivity contribution is 0.0390. The Balaban J connectivity index is 1.58. The first-order valence-electron chi connectivity index (χ1n) is 10.6. The standard InChI is InChI=1S/C24H31NO2/c1-3-5-17-12-13-25(21-6-4-7-21)16-23(17)24(26)20-9-8-19-15-22(27-2)11-10-18(19)14-20/h8-11,14-15,17,21,23H,3-7,12-13,16H2,1-2H3/t17-,23-/m0/s1. The van der Waals surface area contributed by atoms with E-state index in [9.17, 15) is 4.79 Å². The summed E-state index contributed by atoms with van der Waals surface area (Å²) in [5, 5.41) is 2.23. The predicted octanol–water partition coefficient (Wildman–Crippen LogP) is 5.32. The Labute approximate surface area is 162 Å². The molecule has 0 radical (unpaired) electrons. The van der Waals surface area contributed by atoms with Gasteiger partial charge < -0.3 is 4.74 Å². The summed E-state index contributed by atoms with van der Waals surface area (Å²) >= 11 is 0. The summed E-state index contributed by atoms with van der Waals surface area (Å²) in [5.74, 6) is 1.88. The third kappa shape index (κ3) is 3.75. The van der Waals surface area contributed by atoms with Crippen LogP contribution in [-0.2, 0) is 0 Å². The van der Waals surface area contributed by atoms with E-state index in [1.165, 1.54) is 38.6 Å². The topological polar surface area (TPSA) is 29.5 Å². The Bertz CT molecular complexity index is 811. The summed E-state index contributed by atoms with van der Waals surface area (Å²) in [7, 11) is 1.68. The number of hydrogen-bond donors (Lipinski definition) is 0. The van der Waals surface area contributed by atoms with Gasteiger partial charge >= 0.3 is 0 Å². The predicted molar refractivity (Wildman–Crippen MR) is 111 cm³/mol. The molecule has 1 heterocycles. The number of piperidine rings is 1. The average molecular weight is 366 g/mol. The van der Waals surface area contributed by atoms with E-state index in [2.05, 4.69) is 30.0 Å². The van der Waals surface area contributed by atoms with Crippen LogP contribution in [0.5, 0.6) is 5.75 Å². The molecule has 27 heavy (non-hydrogen) atoms. The molecule has 2 aromatic rings. The fourth-order valence-corrected chi connectivity index (χ4v) is 4.84. The van der Waals surface area contributed by atoms with Crippen molar-refractivity contribution >= 4 is 16.6 Å². The molecule has 3 nitrogen and oxygen atoms in total. The minimum Gasteiger partial charge on any atom is -0.497 e. The van der Waals surface area contributed by atoms with Gasteiger partial charge in [-0.25, -0.2) is 0 Å². The maximum Gasteiger partial charge on any atom is 0.167 e. The Morgan fingerprint density at radius 2 is 1.89 bits per heavy atom.